The van der Waals surface area contributed by atoms with E-state index in [9.17, 15) is 0 Å². The average molecular weight is 266 g/mol. The van der Waals surface area contributed by atoms with Gasteiger partial charge < -0.3 is 5.32 Å². The molecule has 0 saturated heterocycles. The van der Waals surface area contributed by atoms with Gasteiger partial charge in [0.15, 0.2) is 0 Å². The van der Waals surface area contributed by atoms with Gasteiger partial charge >= 0.3 is 0 Å². The third-order valence-electron chi connectivity index (χ3n) is 3.96. The fourth-order valence-corrected chi connectivity index (χ4v) is 2.84. The van der Waals surface area contributed by atoms with E-state index in [1.165, 1.54) is 42.7 Å². The summed E-state index contributed by atoms with van der Waals surface area (Å²) in [4.78, 5) is 2.56. The highest BCUT2D eigenvalue weighted by Crippen LogP contribution is 2.18. The van der Waals surface area contributed by atoms with E-state index in [1.807, 2.05) is 0 Å². The summed E-state index contributed by atoms with van der Waals surface area (Å²) in [6.45, 7) is 4.53. The Bertz CT molecular complexity index is 536. The zero-order valence-electron chi connectivity index (χ0n) is 11.9. The first-order valence-electron chi connectivity index (χ1n) is 7.50. The van der Waals surface area contributed by atoms with Gasteiger partial charge in [-0.3, -0.25) is 4.90 Å². The lowest BCUT2D eigenvalue weighted by Crippen LogP contribution is -2.32. The zero-order valence-corrected chi connectivity index (χ0v) is 11.9. The van der Waals surface area contributed by atoms with Crippen molar-refractivity contribution in [2.75, 3.05) is 25.0 Å². The van der Waals surface area contributed by atoms with Crippen molar-refractivity contribution < 1.29 is 0 Å². The molecule has 2 aromatic carbocycles. The number of nitrogens with zero attached hydrogens (tertiary/aromatic N) is 1. The van der Waals surface area contributed by atoms with E-state index in [0.717, 1.165) is 13.1 Å². The number of para-hydroxylation sites is 1. The van der Waals surface area contributed by atoms with Crippen molar-refractivity contribution in [2.45, 2.75) is 19.4 Å². The number of benzene rings is 2. The lowest BCUT2D eigenvalue weighted by Gasteiger charge is -2.28. The van der Waals surface area contributed by atoms with Crippen LogP contribution in [0.4, 0.5) is 5.69 Å². The third-order valence-corrected chi connectivity index (χ3v) is 3.96. The molecule has 1 N–H and O–H groups in total. The van der Waals surface area contributed by atoms with Crippen molar-refractivity contribution in [1.82, 2.24) is 4.90 Å². The second-order valence-electron chi connectivity index (χ2n) is 5.44. The van der Waals surface area contributed by atoms with Crippen molar-refractivity contribution in [3.8, 4) is 0 Å². The predicted octanol–water partition coefficient (Wildman–Crippen LogP) is 3.55. The lowest BCUT2D eigenvalue weighted by molar-refractivity contribution is 0.253. The Hall–Kier alpha value is -1.80. The Morgan fingerprint density at radius 1 is 0.900 bits per heavy atom. The molecule has 0 fully saturated rings. The molecule has 0 radical (unpaired) electrons. The molecule has 0 unspecified atom stereocenters. The molecule has 2 aromatic rings. The number of rotatable bonds is 5. The molecule has 2 nitrogen and oxygen atoms in total. The number of fused-ring (bicyclic) bond motifs is 1. The highest BCUT2D eigenvalue weighted by Gasteiger charge is 2.14. The maximum absolute atomic E-state index is 3.48. The molecule has 3 rings (SSSR count). The minimum atomic E-state index is 1.04. The predicted molar refractivity (Wildman–Crippen MR) is 85.0 cm³/mol. The van der Waals surface area contributed by atoms with Crippen LogP contribution >= 0.6 is 0 Å². The maximum atomic E-state index is 3.48. The Kier molecular flexibility index (Phi) is 4.34. The molecule has 1 aliphatic heterocycles. The van der Waals surface area contributed by atoms with E-state index in [1.54, 1.807) is 0 Å². The van der Waals surface area contributed by atoms with Gasteiger partial charge in [-0.15, -0.1) is 0 Å². The van der Waals surface area contributed by atoms with Crippen LogP contribution < -0.4 is 5.32 Å². The summed E-state index contributed by atoms with van der Waals surface area (Å²) in [6, 6.07) is 19.3. The molecule has 0 saturated carbocycles. The SMILES string of the molecule is c1ccc(NCCCN2CCc3ccccc3C2)cc1. The monoisotopic (exact) mass is 266 g/mol. The van der Waals surface area contributed by atoms with E-state index in [0.29, 0.717) is 0 Å². The molecule has 1 heterocycles. The second kappa shape index (κ2) is 6.58. The van der Waals surface area contributed by atoms with Crippen molar-refractivity contribution in [3.63, 3.8) is 0 Å². The van der Waals surface area contributed by atoms with Crippen molar-refractivity contribution >= 4 is 5.69 Å². The van der Waals surface area contributed by atoms with E-state index in [4.69, 9.17) is 0 Å². The van der Waals surface area contributed by atoms with Gasteiger partial charge in [0.1, 0.15) is 0 Å². The maximum Gasteiger partial charge on any atom is 0.0340 e. The fraction of sp³-hybridized carbons (Fsp3) is 0.333. The molecular weight excluding hydrogens is 244 g/mol. The van der Waals surface area contributed by atoms with Crippen LogP contribution in [-0.4, -0.2) is 24.5 Å². The number of hydrogen-bond donors (Lipinski definition) is 1. The van der Waals surface area contributed by atoms with Crippen molar-refractivity contribution in [2.24, 2.45) is 0 Å². The van der Waals surface area contributed by atoms with Crippen LogP contribution in [0, 0.1) is 0 Å². The lowest BCUT2D eigenvalue weighted by atomic mass is 10.00. The minimum Gasteiger partial charge on any atom is -0.385 e. The molecule has 104 valence electrons. The Morgan fingerprint density at radius 3 is 2.50 bits per heavy atom. The third kappa shape index (κ3) is 3.40. The first kappa shape index (κ1) is 13.2. The average Bonchev–Trinajstić information content (AvgIpc) is 2.52. The summed E-state index contributed by atoms with van der Waals surface area (Å²) in [5.74, 6) is 0. The van der Waals surface area contributed by atoms with E-state index < -0.39 is 0 Å². The van der Waals surface area contributed by atoms with Gasteiger partial charge in [0, 0.05) is 31.9 Å². The second-order valence-corrected chi connectivity index (χ2v) is 5.44. The number of hydrogen-bond acceptors (Lipinski definition) is 2. The summed E-state index contributed by atoms with van der Waals surface area (Å²) in [6.07, 6.45) is 2.39. The van der Waals surface area contributed by atoms with Crippen LogP contribution in [0.5, 0.6) is 0 Å². The summed E-state index contributed by atoms with van der Waals surface area (Å²) in [7, 11) is 0. The highest BCUT2D eigenvalue weighted by atomic mass is 15.1. The number of anilines is 1. The van der Waals surface area contributed by atoms with Gasteiger partial charge in [0.25, 0.3) is 0 Å². The van der Waals surface area contributed by atoms with Crippen LogP contribution in [0.25, 0.3) is 0 Å². The fourth-order valence-electron chi connectivity index (χ4n) is 2.84. The molecule has 1 aliphatic rings. The standard InChI is InChI=1S/C18H22N2/c1-2-9-18(10-3-1)19-12-6-13-20-14-11-16-7-4-5-8-17(16)15-20/h1-5,7-10,19H,6,11-15H2. The van der Waals surface area contributed by atoms with Gasteiger partial charge in [-0.2, -0.15) is 0 Å². The smallest absolute Gasteiger partial charge is 0.0340 e. The first-order valence-corrected chi connectivity index (χ1v) is 7.50. The van der Waals surface area contributed by atoms with Gasteiger partial charge in [0.05, 0.1) is 0 Å². The molecule has 0 spiro atoms. The van der Waals surface area contributed by atoms with Crippen LogP contribution in [-0.2, 0) is 13.0 Å². The highest BCUT2D eigenvalue weighted by molar-refractivity contribution is 5.42. The van der Waals surface area contributed by atoms with E-state index >= 15 is 0 Å². The first-order chi connectivity index (χ1) is 9.92. The normalized spacial score (nSPS) is 14.8. The Balaban J connectivity index is 1.42. The molecule has 20 heavy (non-hydrogen) atoms. The summed E-state index contributed by atoms with van der Waals surface area (Å²) in [5, 5.41) is 3.48. The van der Waals surface area contributed by atoms with Crippen LogP contribution in [0.1, 0.15) is 17.5 Å². The van der Waals surface area contributed by atoms with Crippen molar-refractivity contribution in [1.29, 1.82) is 0 Å². The Morgan fingerprint density at radius 2 is 1.65 bits per heavy atom. The summed E-state index contributed by atoms with van der Waals surface area (Å²) < 4.78 is 0. The largest absolute Gasteiger partial charge is 0.385 e. The summed E-state index contributed by atoms with van der Waals surface area (Å²) >= 11 is 0. The summed E-state index contributed by atoms with van der Waals surface area (Å²) in [5.41, 5.74) is 4.26. The quantitative estimate of drug-likeness (QED) is 0.833. The molecule has 0 aliphatic carbocycles. The van der Waals surface area contributed by atoms with Crippen LogP contribution in [0.2, 0.25) is 0 Å². The topological polar surface area (TPSA) is 15.3 Å². The minimum absolute atomic E-state index is 1.04. The Labute approximate surface area is 121 Å². The molecule has 0 atom stereocenters. The number of nitrogens with one attached hydrogen (secondary N) is 1. The van der Waals surface area contributed by atoms with E-state index in [-0.39, 0.29) is 0 Å². The molecule has 0 amide bonds. The van der Waals surface area contributed by atoms with Gasteiger partial charge in [-0.05, 0) is 36.1 Å². The molecule has 0 aromatic heterocycles. The van der Waals surface area contributed by atoms with E-state index in [2.05, 4.69) is 64.8 Å². The molecule has 2 heteroatoms. The van der Waals surface area contributed by atoms with Crippen molar-refractivity contribution in [3.05, 3.63) is 65.7 Å². The zero-order chi connectivity index (χ0) is 13.6. The molecular formula is C18H22N2. The molecule has 0 bridgehead atoms. The van der Waals surface area contributed by atoms with Gasteiger partial charge in [-0.25, -0.2) is 0 Å². The van der Waals surface area contributed by atoms with Gasteiger partial charge in [-0.1, -0.05) is 42.5 Å². The van der Waals surface area contributed by atoms with Gasteiger partial charge in [0.2, 0.25) is 0 Å². The van der Waals surface area contributed by atoms with Crippen LogP contribution in [0.15, 0.2) is 54.6 Å². The van der Waals surface area contributed by atoms with Crippen LogP contribution in [0.3, 0.4) is 0 Å².